The van der Waals surface area contributed by atoms with Crippen LogP contribution in [0.4, 0.5) is 0 Å². The highest BCUT2D eigenvalue weighted by molar-refractivity contribution is 8.00. The molecule has 0 aliphatic rings. The molecule has 0 radical (unpaired) electrons. The minimum absolute atomic E-state index is 0.0118. The van der Waals surface area contributed by atoms with Crippen LogP contribution in [0.25, 0.3) is 27.4 Å². The molecule has 1 N–H and O–H groups in total. The van der Waals surface area contributed by atoms with Gasteiger partial charge in [-0.25, -0.2) is 0 Å². The Bertz CT molecular complexity index is 1190. The van der Waals surface area contributed by atoms with Gasteiger partial charge in [0.15, 0.2) is 0 Å². The highest BCUT2D eigenvalue weighted by Crippen LogP contribution is 2.34. The summed E-state index contributed by atoms with van der Waals surface area (Å²) in [6, 6.07) is 15.7. The van der Waals surface area contributed by atoms with Crippen molar-refractivity contribution < 1.29 is 9.90 Å². The van der Waals surface area contributed by atoms with E-state index in [0.717, 1.165) is 32.3 Å². The second-order valence-electron chi connectivity index (χ2n) is 5.73. The van der Waals surface area contributed by atoms with E-state index in [9.17, 15) is 10.1 Å². The minimum atomic E-state index is -0.858. The average Bonchev–Trinajstić information content (AvgIpc) is 3.04. The molecule has 0 atom stereocenters. The summed E-state index contributed by atoms with van der Waals surface area (Å²) in [4.78, 5) is 16.0. The van der Waals surface area contributed by atoms with Crippen LogP contribution in [0.2, 0.25) is 0 Å². The van der Waals surface area contributed by atoms with Gasteiger partial charge in [0.25, 0.3) is 0 Å². The number of nitrogens with zero attached hydrogens (tertiary/aromatic N) is 3. The Morgan fingerprint density at radius 2 is 1.96 bits per heavy atom. The van der Waals surface area contributed by atoms with E-state index in [2.05, 4.69) is 11.1 Å². The monoisotopic (exact) mass is 359 g/mol. The lowest BCUT2D eigenvalue weighted by atomic mass is 10.0. The van der Waals surface area contributed by atoms with Crippen LogP contribution in [0.3, 0.4) is 0 Å². The molecule has 0 aliphatic carbocycles. The van der Waals surface area contributed by atoms with Gasteiger partial charge in [0.05, 0.1) is 28.6 Å². The fraction of sp³-hybridized carbons (Fsp3) is 0.0500. The minimum Gasteiger partial charge on any atom is -0.481 e. The highest BCUT2D eigenvalue weighted by atomic mass is 32.2. The third kappa shape index (κ3) is 2.68. The van der Waals surface area contributed by atoms with Gasteiger partial charge in [-0.2, -0.15) is 5.26 Å². The van der Waals surface area contributed by atoms with Gasteiger partial charge in [0.2, 0.25) is 0 Å². The maximum absolute atomic E-state index is 11.0. The number of carbonyl (C=O) groups is 1. The summed E-state index contributed by atoms with van der Waals surface area (Å²) in [5, 5.41) is 21.1. The number of nitriles is 1. The summed E-state index contributed by atoms with van der Waals surface area (Å²) in [7, 11) is 0. The Morgan fingerprint density at radius 3 is 2.73 bits per heavy atom. The first-order chi connectivity index (χ1) is 12.7. The molecule has 0 spiro atoms. The average molecular weight is 359 g/mol. The van der Waals surface area contributed by atoms with Crippen LogP contribution in [0, 0.1) is 11.3 Å². The first kappa shape index (κ1) is 16.2. The predicted molar refractivity (Wildman–Crippen MR) is 102 cm³/mol. The molecule has 0 saturated carbocycles. The molecule has 0 fully saturated rings. The van der Waals surface area contributed by atoms with E-state index in [0.29, 0.717) is 5.56 Å². The summed E-state index contributed by atoms with van der Waals surface area (Å²) < 4.78 is 2.03. The number of thioether (sulfide) groups is 1. The molecule has 2 heterocycles. The Hall–Kier alpha value is -3.30. The number of carboxylic acids is 1. The number of pyridine rings is 1. The number of fused-ring (bicyclic) bond motifs is 2. The first-order valence-electron chi connectivity index (χ1n) is 7.91. The number of aliphatic carboxylic acids is 1. The van der Waals surface area contributed by atoms with Gasteiger partial charge < -0.3 is 9.67 Å². The number of hydrogen-bond donors (Lipinski definition) is 1. The number of aromatic nitrogens is 2. The second kappa shape index (κ2) is 6.54. The molecule has 0 unspecified atom stereocenters. The summed E-state index contributed by atoms with van der Waals surface area (Å²) in [5.41, 5.74) is 2.52. The normalized spacial score (nSPS) is 10.9. The molecule has 2 aromatic heterocycles. The van der Waals surface area contributed by atoms with Gasteiger partial charge in [-0.15, -0.1) is 11.8 Å². The smallest absolute Gasteiger partial charge is 0.313 e. The van der Waals surface area contributed by atoms with Crippen molar-refractivity contribution >= 4 is 39.4 Å². The van der Waals surface area contributed by atoms with Gasteiger partial charge in [0.1, 0.15) is 0 Å². The standard InChI is InChI=1S/C20H13N3O2S/c21-9-13-5-6-17(15-4-2-1-3-14(13)15)23-11-19(26-12-20(24)25)16-10-22-8-7-18(16)23/h1-8,10-11H,12H2,(H,24,25). The van der Waals surface area contributed by atoms with E-state index in [-0.39, 0.29) is 5.75 Å². The second-order valence-corrected chi connectivity index (χ2v) is 6.75. The maximum atomic E-state index is 11.0. The molecule has 0 saturated heterocycles. The molecular formula is C20H13N3O2S. The molecule has 6 heteroatoms. The largest absolute Gasteiger partial charge is 0.481 e. The van der Waals surface area contributed by atoms with Crippen molar-refractivity contribution in [1.29, 1.82) is 5.26 Å². The summed E-state index contributed by atoms with van der Waals surface area (Å²) >= 11 is 1.27. The van der Waals surface area contributed by atoms with Gasteiger partial charge in [0, 0.05) is 39.6 Å². The predicted octanol–water partition coefficient (Wildman–Crippen LogP) is 4.23. The molecule has 0 amide bonds. The Kier molecular flexibility index (Phi) is 4.07. The fourth-order valence-corrected chi connectivity index (χ4v) is 3.86. The molecule has 26 heavy (non-hydrogen) atoms. The van der Waals surface area contributed by atoms with Crippen molar-refractivity contribution in [3.63, 3.8) is 0 Å². The van der Waals surface area contributed by atoms with Crippen LogP contribution in [-0.2, 0) is 4.79 Å². The number of rotatable bonds is 4. The SMILES string of the molecule is N#Cc1ccc(-n2cc(SCC(=O)O)c3cnccc32)c2ccccc12. The van der Waals surface area contributed by atoms with Gasteiger partial charge in [-0.05, 0) is 18.2 Å². The van der Waals surface area contributed by atoms with Gasteiger partial charge >= 0.3 is 5.97 Å². The maximum Gasteiger partial charge on any atom is 0.313 e. The fourth-order valence-electron chi connectivity index (χ4n) is 3.09. The molecule has 0 aliphatic heterocycles. The van der Waals surface area contributed by atoms with Crippen LogP contribution < -0.4 is 0 Å². The van der Waals surface area contributed by atoms with Crippen LogP contribution in [0.1, 0.15) is 5.56 Å². The number of hydrogen-bond acceptors (Lipinski definition) is 4. The lowest BCUT2D eigenvalue weighted by molar-refractivity contribution is -0.133. The summed E-state index contributed by atoms with van der Waals surface area (Å²) in [6.45, 7) is 0. The quantitative estimate of drug-likeness (QED) is 0.552. The Balaban J connectivity index is 1.97. The van der Waals surface area contributed by atoms with Gasteiger partial charge in [-0.1, -0.05) is 24.3 Å². The van der Waals surface area contributed by atoms with Crippen LogP contribution >= 0.6 is 11.8 Å². The van der Waals surface area contributed by atoms with E-state index in [1.54, 1.807) is 12.4 Å². The van der Waals surface area contributed by atoms with Crippen LogP contribution in [0.15, 0.2) is 66.0 Å². The highest BCUT2D eigenvalue weighted by Gasteiger charge is 2.14. The van der Waals surface area contributed by atoms with Crippen molar-refractivity contribution in [3.05, 3.63) is 66.6 Å². The summed E-state index contributed by atoms with van der Waals surface area (Å²) in [6.07, 6.45) is 5.41. The molecular weight excluding hydrogens is 346 g/mol. The van der Waals surface area contributed by atoms with E-state index >= 15 is 0 Å². The molecule has 126 valence electrons. The van der Waals surface area contributed by atoms with E-state index in [1.165, 1.54) is 11.8 Å². The molecule has 2 aromatic carbocycles. The zero-order valence-electron chi connectivity index (χ0n) is 13.6. The lowest BCUT2D eigenvalue weighted by Crippen LogP contribution is -1.97. The molecule has 4 aromatic rings. The molecule has 0 bridgehead atoms. The van der Waals surface area contributed by atoms with Crippen molar-refractivity contribution in [1.82, 2.24) is 9.55 Å². The zero-order valence-corrected chi connectivity index (χ0v) is 14.4. The first-order valence-corrected chi connectivity index (χ1v) is 8.89. The number of benzene rings is 2. The molecule has 5 nitrogen and oxygen atoms in total. The topological polar surface area (TPSA) is 78.9 Å². The van der Waals surface area contributed by atoms with Crippen LogP contribution in [0.5, 0.6) is 0 Å². The van der Waals surface area contributed by atoms with E-state index < -0.39 is 5.97 Å². The van der Waals surface area contributed by atoms with Gasteiger partial charge in [-0.3, -0.25) is 9.78 Å². The Labute approximate surface area is 153 Å². The van der Waals surface area contributed by atoms with E-state index in [4.69, 9.17) is 5.11 Å². The lowest BCUT2D eigenvalue weighted by Gasteiger charge is -2.10. The van der Waals surface area contributed by atoms with Crippen LogP contribution in [-0.4, -0.2) is 26.4 Å². The van der Waals surface area contributed by atoms with Crippen molar-refractivity contribution in [2.45, 2.75) is 4.90 Å². The number of carboxylic acid groups (broad SMARTS) is 1. The zero-order chi connectivity index (χ0) is 18.1. The van der Waals surface area contributed by atoms with E-state index in [1.807, 2.05) is 53.2 Å². The summed E-state index contributed by atoms with van der Waals surface area (Å²) in [5.74, 6) is -0.870. The van der Waals surface area contributed by atoms with Crippen molar-refractivity contribution in [2.75, 3.05) is 5.75 Å². The molecule has 4 rings (SSSR count). The third-order valence-corrected chi connectivity index (χ3v) is 5.23. The van der Waals surface area contributed by atoms with Crippen molar-refractivity contribution in [2.24, 2.45) is 0 Å². The van der Waals surface area contributed by atoms with Crippen molar-refractivity contribution in [3.8, 4) is 11.8 Å². The third-order valence-electron chi connectivity index (χ3n) is 4.20. The Morgan fingerprint density at radius 1 is 1.15 bits per heavy atom.